The van der Waals surface area contributed by atoms with E-state index in [1.54, 1.807) is 6.07 Å². The molecular weight excluding hydrogens is 277 g/mol. The van der Waals surface area contributed by atoms with Gasteiger partial charge in [-0.05, 0) is 67.4 Å². The first-order valence-corrected chi connectivity index (χ1v) is 7.78. The molecule has 0 spiro atoms. The van der Waals surface area contributed by atoms with Crippen LogP contribution in [-0.4, -0.2) is 5.11 Å². The van der Waals surface area contributed by atoms with Gasteiger partial charge in [-0.2, -0.15) is 13.2 Å². The molecule has 1 aromatic rings. The number of hydrogen-bond acceptors (Lipinski definition) is 1. The van der Waals surface area contributed by atoms with E-state index < -0.39 is 17.3 Å². The molecule has 114 valence electrons. The molecule has 0 amide bonds. The summed E-state index contributed by atoms with van der Waals surface area (Å²) in [6.07, 6.45) is 0.349. The molecule has 1 aromatic carbocycles. The molecule has 4 heteroatoms. The predicted octanol–water partition coefficient (Wildman–Crippen LogP) is 4.35. The Morgan fingerprint density at radius 2 is 1.43 bits per heavy atom. The summed E-state index contributed by atoms with van der Waals surface area (Å²) >= 11 is 0. The minimum atomic E-state index is -4.40. The molecule has 21 heavy (non-hydrogen) atoms. The highest BCUT2D eigenvalue weighted by atomic mass is 19.4. The van der Waals surface area contributed by atoms with Crippen LogP contribution in [0.2, 0.25) is 0 Å². The van der Waals surface area contributed by atoms with Crippen molar-refractivity contribution in [2.75, 3.05) is 0 Å². The maximum Gasteiger partial charge on any atom is 0.416 e. The average Bonchev–Trinajstić information content (AvgIpc) is 2.43. The van der Waals surface area contributed by atoms with Crippen molar-refractivity contribution in [3.8, 4) is 0 Å². The topological polar surface area (TPSA) is 20.2 Å². The van der Waals surface area contributed by atoms with Crippen molar-refractivity contribution in [1.29, 1.82) is 0 Å². The van der Waals surface area contributed by atoms with E-state index in [4.69, 9.17) is 0 Å². The van der Waals surface area contributed by atoms with Gasteiger partial charge in [-0.25, -0.2) is 0 Å². The first kappa shape index (κ1) is 13.6. The van der Waals surface area contributed by atoms with E-state index in [0.29, 0.717) is 11.8 Å². The number of hydrogen-bond donors (Lipinski definition) is 1. The van der Waals surface area contributed by atoms with E-state index in [1.807, 2.05) is 0 Å². The van der Waals surface area contributed by atoms with Gasteiger partial charge in [0, 0.05) is 0 Å². The van der Waals surface area contributed by atoms with Gasteiger partial charge in [-0.1, -0.05) is 18.2 Å². The number of aliphatic hydroxyl groups is 1. The molecule has 4 saturated carbocycles. The van der Waals surface area contributed by atoms with E-state index >= 15 is 0 Å². The first-order valence-electron chi connectivity index (χ1n) is 7.78. The summed E-state index contributed by atoms with van der Waals surface area (Å²) in [5.74, 6) is 1.23. The average molecular weight is 296 g/mol. The SMILES string of the molecule is OC1(c2ccccc2C(F)(F)F)C2CC3CC(C2)CC1C3. The number of rotatable bonds is 1. The van der Waals surface area contributed by atoms with Crippen molar-refractivity contribution in [3.63, 3.8) is 0 Å². The van der Waals surface area contributed by atoms with Crippen LogP contribution < -0.4 is 0 Å². The van der Waals surface area contributed by atoms with Crippen molar-refractivity contribution < 1.29 is 18.3 Å². The van der Waals surface area contributed by atoms with Gasteiger partial charge < -0.3 is 5.11 Å². The highest BCUT2D eigenvalue weighted by molar-refractivity contribution is 5.37. The van der Waals surface area contributed by atoms with Crippen molar-refractivity contribution >= 4 is 0 Å². The first-order chi connectivity index (χ1) is 9.89. The molecule has 0 aromatic heterocycles. The van der Waals surface area contributed by atoms with Gasteiger partial charge in [-0.15, -0.1) is 0 Å². The van der Waals surface area contributed by atoms with Crippen LogP contribution >= 0.6 is 0 Å². The Bertz CT molecular complexity index is 535. The Morgan fingerprint density at radius 1 is 0.905 bits per heavy atom. The van der Waals surface area contributed by atoms with Crippen LogP contribution in [0.4, 0.5) is 13.2 Å². The summed E-state index contributed by atoms with van der Waals surface area (Å²) in [6, 6.07) is 5.63. The van der Waals surface area contributed by atoms with Crippen LogP contribution in [0.25, 0.3) is 0 Å². The zero-order valence-corrected chi connectivity index (χ0v) is 11.7. The maximum atomic E-state index is 13.3. The second kappa shape index (κ2) is 4.25. The smallest absolute Gasteiger partial charge is 0.385 e. The lowest BCUT2D eigenvalue weighted by atomic mass is 9.48. The Balaban J connectivity index is 1.83. The van der Waals surface area contributed by atoms with Gasteiger partial charge in [0.05, 0.1) is 11.2 Å². The highest BCUT2D eigenvalue weighted by Crippen LogP contribution is 2.62. The van der Waals surface area contributed by atoms with Crippen molar-refractivity contribution in [2.24, 2.45) is 23.7 Å². The molecule has 4 bridgehead atoms. The molecule has 4 aliphatic carbocycles. The van der Waals surface area contributed by atoms with E-state index in [2.05, 4.69) is 0 Å². The Morgan fingerprint density at radius 3 is 1.95 bits per heavy atom. The molecule has 0 aliphatic heterocycles. The van der Waals surface area contributed by atoms with E-state index in [0.717, 1.165) is 31.7 Å². The molecule has 0 radical (unpaired) electrons. The summed E-state index contributed by atoms with van der Waals surface area (Å²) < 4.78 is 40.0. The lowest BCUT2D eigenvalue weighted by molar-refractivity contribution is -0.186. The van der Waals surface area contributed by atoms with Gasteiger partial charge in [0.1, 0.15) is 0 Å². The van der Waals surface area contributed by atoms with Gasteiger partial charge in [-0.3, -0.25) is 0 Å². The molecule has 0 atom stereocenters. The second-order valence-electron chi connectivity index (χ2n) is 7.17. The van der Waals surface area contributed by atoms with E-state index in [1.165, 1.54) is 18.6 Å². The van der Waals surface area contributed by atoms with Crippen molar-refractivity contribution in [1.82, 2.24) is 0 Å². The van der Waals surface area contributed by atoms with Gasteiger partial charge in [0.25, 0.3) is 0 Å². The third kappa shape index (κ3) is 1.88. The van der Waals surface area contributed by atoms with Gasteiger partial charge in [0.15, 0.2) is 0 Å². The number of alkyl halides is 3. The zero-order valence-electron chi connectivity index (χ0n) is 11.7. The number of benzene rings is 1. The summed E-state index contributed by atoms with van der Waals surface area (Å²) in [5.41, 5.74) is -1.81. The summed E-state index contributed by atoms with van der Waals surface area (Å²) in [5, 5.41) is 11.3. The lowest BCUT2D eigenvalue weighted by Gasteiger charge is -2.59. The van der Waals surface area contributed by atoms with Crippen LogP contribution in [0.1, 0.15) is 43.2 Å². The fourth-order valence-corrected chi connectivity index (χ4v) is 5.42. The highest BCUT2D eigenvalue weighted by Gasteiger charge is 2.58. The molecule has 5 rings (SSSR count). The number of halogens is 3. The minimum absolute atomic E-state index is 0.00255. The van der Waals surface area contributed by atoms with Crippen LogP contribution in [0, 0.1) is 23.7 Å². The largest absolute Gasteiger partial charge is 0.416 e. The van der Waals surface area contributed by atoms with Gasteiger partial charge in [0.2, 0.25) is 0 Å². The molecule has 4 aliphatic rings. The van der Waals surface area contributed by atoms with Crippen LogP contribution in [-0.2, 0) is 11.8 Å². The third-order valence-electron chi connectivity index (χ3n) is 6.05. The summed E-state index contributed by atoms with van der Waals surface area (Å²) in [6.45, 7) is 0. The normalized spacial score (nSPS) is 41.5. The minimum Gasteiger partial charge on any atom is -0.385 e. The zero-order chi connectivity index (χ0) is 14.8. The van der Waals surface area contributed by atoms with Crippen molar-refractivity contribution in [2.45, 2.75) is 43.9 Å². The lowest BCUT2D eigenvalue weighted by Crippen LogP contribution is -2.56. The Hall–Kier alpha value is -1.03. The molecule has 0 unspecified atom stereocenters. The molecule has 0 saturated heterocycles. The standard InChI is InChI=1S/C17H19F3O/c18-17(19,20)15-4-2-1-3-14(15)16(21)12-6-10-5-11(8-12)9-13(16)7-10/h1-4,10-13,21H,5-9H2. The van der Waals surface area contributed by atoms with Crippen LogP contribution in [0.3, 0.4) is 0 Å². The maximum absolute atomic E-state index is 13.3. The quantitative estimate of drug-likeness (QED) is 0.817. The van der Waals surface area contributed by atoms with E-state index in [9.17, 15) is 18.3 Å². The summed E-state index contributed by atoms with van der Waals surface area (Å²) in [4.78, 5) is 0. The molecule has 0 heterocycles. The molecule has 1 nitrogen and oxygen atoms in total. The van der Waals surface area contributed by atoms with Crippen LogP contribution in [0.15, 0.2) is 24.3 Å². The molecule has 4 fully saturated rings. The van der Waals surface area contributed by atoms with Crippen LogP contribution in [0.5, 0.6) is 0 Å². The third-order valence-corrected chi connectivity index (χ3v) is 6.05. The van der Waals surface area contributed by atoms with E-state index in [-0.39, 0.29) is 17.4 Å². The molecule has 1 N–H and O–H groups in total. The van der Waals surface area contributed by atoms with Crippen molar-refractivity contribution in [3.05, 3.63) is 35.4 Å². The Kier molecular flexibility index (Phi) is 2.76. The second-order valence-corrected chi connectivity index (χ2v) is 7.17. The monoisotopic (exact) mass is 296 g/mol. The molecular formula is C17H19F3O. The fourth-order valence-electron chi connectivity index (χ4n) is 5.42. The Labute approximate surface area is 122 Å². The summed E-state index contributed by atoms with van der Waals surface area (Å²) in [7, 11) is 0. The fraction of sp³-hybridized carbons (Fsp3) is 0.647. The predicted molar refractivity (Wildman–Crippen MR) is 72.4 cm³/mol. The van der Waals surface area contributed by atoms with Gasteiger partial charge >= 0.3 is 6.18 Å².